The maximum atomic E-state index is 15.2. The fraction of sp³-hybridized carbons (Fsp3) is 0.269. The summed E-state index contributed by atoms with van der Waals surface area (Å²) >= 11 is 6.02. The molecule has 1 amide bonds. The summed E-state index contributed by atoms with van der Waals surface area (Å²) in [7, 11) is 0. The molecule has 0 radical (unpaired) electrons. The molecule has 0 fully saturated rings. The van der Waals surface area contributed by atoms with Crippen molar-refractivity contribution in [1.82, 2.24) is 19.3 Å². The Morgan fingerprint density at radius 1 is 1.21 bits per heavy atom. The van der Waals surface area contributed by atoms with Crippen molar-refractivity contribution in [2.45, 2.75) is 32.7 Å². The minimum absolute atomic E-state index is 0.171. The fourth-order valence-electron chi connectivity index (χ4n) is 4.55. The van der Waals surface area contributed by atoms with E-state index in [-0.39, 0.29) is 12.5 Å². The maximum absolute atomic E-state index is 15.2. The summed E-state index contributed by atoms with van der Waals surface area (Å²) in [6, 6.07) is 13.3. The van der Waals surface area contributed by atoms with E-state index in [4.69, 9.17) is 21.3 Å². The van der Waals surface area contributed by atoms with E-state index in [0.29, 0.717) is 35.7 Å². The number of aryl methyl sites for hydroxylation is 2. The molecule has 6 nitrogen and oxygen atoms in total. The molecule has 34 heavy (non-hydrogen) atoms. The molecule has 174 valence electrons. The molecular formula is C26H24ClFN4O2. The molecule has 4 heterocycles. The van der Waals surface area contributed by atoms with Crippen LogP contribution in [0.2, 0.25) is 5.02 Å². The lowest BCUT2D eigenvalue weighted by molar-refractivity contribution is -0.135. The summed E-state index contributed by atoms with van der Waals surface area (Å²) in [5.41, 5.74) is 4.46. The third-order valence-electron chi connectivity index (χ3n) is 6.14. The van der Waals surface area contributed by atoms with Gasteiger partial charge in [0.2, 0.25) is 0 Å². The van der Waals surface area contributed by atoms with Crippen LogP contribution < -0.4 is 4.74 Å². The van der Waals surface area contributed by atoms with Crippen molar-refractivity contribution in [1.29, 1.82) is 0 Å². The van der Waals surface area contributed by atoms with Crippen LogP contribution in [0.25, 0.3) is 5.65 Å². The number of hydrogen-bond donors (Lipinski definition) is 0. The number of pyridine rings is 2. The number of benzene rings is 1. The van der Waals surface area contributed by atoms with Gasteiger partial charge in [0.25, 0.3) is 5.91 Å². The first-order valence-electron chi connectivity index (χ1n) is 11.3. The van der Waals surface area contributed by atoms with Crippen LogP contribution in [-0.4, -0.2) is 38.3 Å². The number of rotatable bonds is 5. The molecular weight excluding hydrogens is 455 g/mol. The largest absolute Gasteiger partial charge is 0.482 e. The summed E-state index contributed by atoms with van der Waals surface area (Å²) in [6.07, 6.45) is 3.15. The van der Waals surface area contributed by atoms with E-state index in [2.05, 4.69) is 4.98 Å². The minimum Gasteiger partial charge on any atom is -0.482 e. The highest BCUT2D eigenvalue weighted by molar-refractivity contribution is 6.30. The van der Waals surface area contributed by atoms with Gasteiger partial charge in [-0.25, -0.2) is 9.37 Å². The van der Waals surface area contributed by atoms with E-state index in [9.17, 15) is 4.79 Å². The number of carbonyl (C=O) groups excluding carboxylic acids is 1. The van der Waals surface area contributed by atoms with Gasteiger partial charge < -0.3 is 14.0 Å². The van der Waals surface area contributed by atoms with Crippen LogP contribution in [0.15, 0.2) is 54.7 Å². The molecule has 0 N–H and O–H groups in total. The lowest BCUT2D eigenvalue weighted by Crippen LogP contribution is -2.43. The molecule has 3 aromatic heterocycles. The Balaban J connectivity index is 1.53. The van der Waals surface area contributed by atoms with Crippen LogP contribution in [0.1, 0.15) is 41.3 Å². The van der Waals surface area contributed by atoms with Crippen molar-refractivity contribution in [2.75, 3.05) is 13.2 Å². The summed E-state index contributed by atoms with van der Waals surface area (Å²) in [5.74, 6) is -0.118. The lowest BCUT2D eigenvalue weighted by atomic mass is 9.95. The molecule has 0 saturated carbocycles. The number of aromatic nitrogens is 3. The highest BCUT2D eigenvalue weighted by Crippen LogP contribution is 2.37. The molecule has 1 atom stereocenters. The van der Waals surface area contributed by atoms with Gasteiger partial charge in [-0.05, 0) is 49.7 Å². The quantitative estimate of drug-likeness (QED) is 0.407. The summed E-state index contributed by atoms with van der Waals surface area (Å²) in [5, 5.41) is 0.301. The Kier molecular flexibility index (Phi) is 5.96. The van der Waals surface area contributed by atoms with Gasteiger partial charge in [0.05, 0.1) is 17.1 Å². The van der Waals surface area contributed by atoms with Crippen molar-refractivity contribution < 1.29 is 13.9 Å². The van der Waals surface area contributed by atoms with Crippen molar-refractivity contribution in [3.05, 3.63) is 93.9 Å². The zero-order chi connectivity index (χ0) is 23.8. The van der Waals surface area contributed by atoms with Crippen LogP contribution >= 0.6 is 11.6 Å². The highest BCUT2D eigenvalue weighted by Gasteiger charge is 2.37. The number of ether oxygens (including phenoxy) is 1. The van der Waals surface area contributed by atoms with E-state index < -0.39 is 11.9 Å². The van der Waals surface area contributed by atoms with E-state index in [1.807, 2.05) is 54.8 Å². The Morgan fingerprint density at radius 3 is 2.85 bits per heavy atom. The smallest absolute Gasteiger partial charge is 0.261 e. The maximum Gasteiger partial charge on any atom is 0.261 e. The fourth-order valence-corrected chi connectivity index (χ4v) is 4.71. The number of hydrogen-bond acceptors (Lipinski definition) is 4. The highest BCUT2D eigenvalue weighted by atomic mass is 35.5. The van der Waals surface area contributed by atoms with Gasteiger partial charge in [-0.15, -0.1) is 0 Å². The molecule has 1 aliphatic rings. The van der Waals surface area contributed by atoms with Crippen molar-refractivity contribution in [3.8, 4) is 5.75 Å². The zero-order valence-corrected chi connectivity index (χ0v) is 19.7. The molecule has 0 spiro atoms. The standard InChI is InChI=1S/C26H24ClFN4O2/c1-3-20-22(10-7-16(2)29-20)34-15-24(33)32-13-11-21-26(31-12-5-4-6-23(31)30-21)25(32)18-9-8-17(27)14-19(18)28/h4-10,12,14,25H,3,11,13,15H2,1-2H3. The number of carbonyl (C=O) groups is 1. The van der Waals surface area contributed by atoms with Crippen LogP contribution in [0.4, 0.5) is 4.39 Å². The van der Waals surface area contributed by atoms with Crippen LogP contribution in [-0.2, 0) is 17.6 Å². The number of imidazole rings is 1. The van der Waals surface area contributed by atoms with E-state index in [0.717, 1.165) is 28.4 Å². The first-order valence-corrected chi connectivity index (χ1v) is 11.6. The Labute approximate surface area is 202 Å². The van der Waals surface area contributed by atoms with Crippen LogP contribution in [0, 0.1) is 12.7 Å². The molecule has 0 aliphatic carbocycles. The molecule has 8 heteroatoms. The Bertz CT molecular complexity index is 1390. The zero-order valence-electron chi connectivity index (χ0n) is 19.0. The van der Waals surface area contributed by atoms with Gasteiger partial charge in [-0.3, -0.25) is 9.78 Å². The first-order chi connectivity index (χ1) is 16.5. The monoisotopic (exact) mass is 478 g/mol. The van der Waals surface area contributed by atoms with Crippen LogP contribution in [0.5, 0.6) is 5.75 Å². The minimum atomic E-state index is -0.656. The van der Waals surface area contributed by atoms with Crippen molar-refractivity contribution >= 4 is 23.2 Å². The predicted molar refractivity (Wildman–Crippen MR) is 128 cm³/mol. The molecule has 1 unspecified atom stereocenters. The number of fused-ring (bicyclic) bond motifs is 3. The average molecular weight is 479 g/mol. The summed E-state index contributed by atoms with van der Waals surface area (Å²) in [4.78, 5) is 24.4. The number of halogens is 2. The summed E-state index contributed by atoms with van der Waals surface area (Å²) in [6.45, 7) is 4.14. The second-order valence-corrected chi connectivity index (χ2v) is 8.75. The number of amides is 1. The molecule has 1 aromatic carbocycles. The van der Waals surface area contributed by atoms with Crippen molar-refractivity contribution in [2.24, 2.45) is 0 Å². The molecule has 0 saturated heterocycles. The normalized spacial score (nSPS) is 15.4. The van der Waals surface area contributed by atoms with Crippen LogP contribution in [0.3, 0.4) is 0 Å². The third-order valence-corrected chi connectivity index (χ3v) is 6.37. The Hall–Kier alpha value is -3.45. The molecule has 0 bridgehead atoms. The predicted octanol–water partition coefficient (Wildman–Crippen LogP) is 4.95. The van der Waals surface area contributed by atoms with Gasteiger partial charge >= 0.3 is 0 Å². The van der Waals surface area contributed by atoms with Gasteiger partial charge in [0.1, 0.15) is 23.3 Å². The van der Waals surface area contributed by atoms with E-state index in [1.165, 1.54) is 6.07 Å². The summed E-state index contributed by atoms with van der Waals surface area (Å²) < 4.78 is 23.0. The molecule has 4 aromatic rings. The van der Waals surface area contributed by atoms with E-state index in [1.54, 1.807) is 17.0 Å². The average Bonchev–Trinajstić information content (AvgIpc) is 3.21. The number of nitrogens with zero attached hydrogens (tertiary/aromatic N) is 4. The van der Waals surface area contributed by atoms with Crippen molar-refractivity contribution in [3.63, 3.8) is 0 Å². The second kappa shape index (κ2) is 9.06. The third kappa shape index (κ3) is 4.01. The van der Waals surface area contributed by atoms with Gasteiger partial charge in [-0.2, -0.15) is 0 Å². The molecule has 1 aliphatic heterocycles. The topological polar surface area (TPSA) is 59.7 Å². The SMILES string of the molecule is CCc1nc(C)ccc1OCC(=O)N1CCc2nc3ccccn3c2C1c1ccc(Cl)cc1F. The second-order valence-electron chi connectivity index (χ2n) is 8.32. The van der Waals surface area contributed by atoms with E-state index >= 15 is 4.39 Å². The Morgan fingerprint density at radius 2 is 2.06 bits per heavy atom. The lowest BCUT2D eigenvalue weighted by Gasteiger charge is -2.36. The van der Waals surface area contributed by atoms with Gasteiger partial charge in [0, 0.05) is 35.4 Å². The molecule has 5 rings (SSSR count). The van der Waals surface area contributed by atoms with Gasteiger partial charge in [-0.1, -0.05) is 30.7 Å². The first kappa shape index (κ1) is 22.3. The van der Waals surface area contributed by atoms with Gasteiger partial charge in [0.15, 0.2) is 6.61 Å².